The maximum atomic E-state index is 12.5. The number of carbonyl (C=O) groups is 1. The second-order valence-corrected chi connectivity index (χ2v) is 9.70. The summed E-state index contributed by atoms with van der Waals surface area (Å²) in [6.45, 7) is 4.12. The Hall–Kier alpha value is -3.07. The number of aliphatic hydroxyl groups excluding tert-OH is 1. The summed E-state index contributed by atoms with van der Waals surface area (Å²) in [6.07, 6.45) is 1.88. The number of ether oxygens (including phenoxy) is 1. The Balaban J connectivity index is 1.80. The molecule has 0 fully saturated rings. The van der Waals surface area contributed by atoms with Crippen molar-refractivity contribution in [1.82, 2.24) is 9.71 Å². The maximum absolute atomic E-state index is 12.5. The summed E-state index contributed by atoms with van der Waals surface area (Å²) >= 11 is 0. The molecule has 34 heavy (non-hydrogen) atoms. The summed E-state index contributed by atoms with van der Waals surface area (Å²) in [6, 6.07) is 17.5. The van der Waals surface area contributed by atoms with Crippen molar-refractivity contribution in [3.8, 4) is 0 Å². The minimum absolute atomic E-state index is 0.194. The molecule has 0 radical (unpaired) electrons. The van der Waals surface area contributed by atoms with Crippen LogP contribution >= 0.6 is 0 Å². The van der Waals surface area contributed by atoms with Crippen LogP contribution in [0.5, 0.6) is 0 Å². The highest BCUT2D eigenvalue weighted by atomic mass is 32.2. The Morgan fingerprint density at radius 3 is 2.44 bits per heavy atom. The molecule has 0 spiro atoms. The van der Waals surface area contributed by atoms with Crippen LogP contribution in [0.2, 0.25) is 0 Å². The van der Waals surface area contributed by atoms with Gasteiger partial charge in [0.05, 0.1) is 11.5 Å². The van der Waals surface area contributed by atoms with E-state index in [2.05, 4.69) is 9.71 Å². The average molecular weight is 483 g/mol. The van der Waals surface area contributed by atoms with Crippen LogP contribution in [0, 0.1) is 6.92 Å². The van der Waals surface area contributed by atoms with Gasteiger partial charge in [0.25, 0.3) is 0 Å². The van der Waals surface area contributed by atoms with E-state index in [-0.39, 0.29) is 23.8 Å². The van der Waals surface area contributed by atoms with Gasteiger partial charge in [0.1, 0.15) is 6.10 Å². The molecule has 2 N–H and O–H groups in total. The average Bonchev–Trinajstić information content (AvgIpc) is 2.83. The second kappa shape index (κ2) is 11.9. The first kappa shape index (κ1) is 25.6. The lowest BCUT2D eigenvalue weighted by Gasteiger charge is -2.17. The summed E-state index contributed by atoms with van der Waals surface area (Å²) in [7, 11) is -3.61. The number of sulfonamides is 1. The van der Waals surface area contributed by atoms with Crippen LogP contribution in [-0.2, 0) is 32.4 Å². The maximum Gasteiger partial charge on any atom is 0.306 e. The monoisotopic (exact) mass is 482 g/mol. The Labute approximate surface area is 200 Å². The number of pyridine rings is 1. The van der Waals surface area contributed by atoms with Crippen molar-refractivity contribution in [1.29, 1.82) is 0 Å². The highest BCUT2D eigenvalue weighted by molar-refractivity contribution is 7.89. The molecule has 0 bridgehead atoms. The number of nitrogens with one attached hydrogen (secondary N) is 1. The SMILES string of the molecule is CCOC(=O)CCc1cc(CCNS(=O)(=O)c2ccccc2)cc(C(O)c2cccnc2C)c1. The van der Waals surface area contributed by atoms with Gasteiger partial charge in [-0.05, 0) is 61.6 Å². The molecule has 1 aromatic heterocycles. The third-order valence-electron chi connectivity index (χ3n) is 5.42. The minimum Gasteiger partial charge on any atom is -0.466 e. The molecule has 0 saturated heterocycles. The summed E-state index contributed by atoms with van der Waals surface area (Å²) in [5, 5.41) is 11.0. The molecule has 1 unspecified atom stereocenters. The van der Waals surface area contributed by atoms with Gasteiger partial charge in [0.2, 0.25) is 10.0 Å². The molecule has 0 aliphatic carbocycles. The normalized spacial score (nSPS) is 12.3. The van der Waals surface area contributed by atoms with Crippen LogP contribution in [0.4, 0.5) is 0 Å². The molecule has 7 nitrogen and oxygen atoms in total. The summed E-state index contributed by atoms with van der Waals surface area (Å²) in [4.78, 5) is 16.3. The number of nitrogens with zero attached hydrogens (tertiary/aromatic N) is 1. The summed E-state index contributed by atoms with van der Waals surface area (Å²) in [5.74, 6) is -0.284. The van der Waals surface area contributed by atoms with E-state index in [0.29, 0.717) is 30.6 Å². The topological polar surface area (TPSA) is 106 Å². The molecule has 3 rings (SSSR count). The zero-order valence-electron chi connectivity index (χ0n) is 19.4. The van der Waals surface area contributed by atoms with Gasteiger partial charge in [-0.25, -0.2) is 13.1 Å². The number of aryl methyl sites for hydroxylation is 2. The second-order valence-electron chi connectivity index (χ2n) is 7.93. The number of aromatic nitrogens is 1. The number of carbonyl (C=O) groups excluding carboxylic acids is 1. The summed E-state index contributed by atoms with van der Waals surface area (Å²) in [5.41, 5.74) is 3.81. The fraction of sp³-hybridized carbons (Fsp3) is 0.308. The molecule has 1 atom stereocenters. The van der Waals surface area contributed by atoms with Gasteiger partial charge in [-0.15, -0.1) is 0 Å². The standard InChI is InChI=1S/C26H30N2O5S/c1-3-33-25(29)12-11-20-16-21(13-15-28-34(31,32)23-8-5-4-6-9-23)18-22(17-20)26(30)24-10-7-14-27-19(24)2/h4-10,14,16-18,26,28,30H,3,11-13,15H2,1-2H3. The first-order valence-electron chi connectivity index (χ1n) is 11.2. The van der Waals surface area contributed by atoms with Crippen LogP contribution in [0.3, 0.4) is 0 Å². The van der Waals surface area contributed by atoms with Crippen LogP contribution in [0.25, 0.3) is 0 Å². The van der Waals surface area contributed by atoms with Crippen molar-refractivity contribution >= 4 is 16.0 Å². The van der Waals surface area contributed by atoms with Crippen molar-refractivity contribution in [2.75, 3.05) is 13.2 Å². The van der Waals surface area contributed by atoms with Crippen LogP contribution in [0.15, 0.2) is 71.8 Å². The zero-order valence-corrected chi connectivity index (χ0v) is 20.2. The lowest BCUT2D eigenvalue weighted by Crippen LogP contribution is -2.26. The third-order valence-corrected chi connectivity index (χ3v) is 6.89. The van der Waals surface area contributed by atoms with Crippen molar-refractivity contribution in [2.45, 2.75) is 44.1 Å². The smallest absolute Gasteiger partial charge is 0.306 e. The fourth-order valence-corrected chi connectivity index (χ4v) is 4.75. The van der Waals surface area contributed by atoms with Crippen molar-refractivity contribution in [3.63, 3.8) is 0 Å². The highest BCUT2D eigenvalue weighted by Gasteiger charge is 2.17. The lowest BCUT2D eigenvalue weighted by molar-refractivity contribution is -0.143. The molecule has 8 heteroatoms. The Bertz CT molecular complexity index is 1210. The molecule has 180 valence electrons. The molecule has 0 saturated carbocycles. The minimum atomic E-state index is -3.61. The first-order chi connectivity index (χ1) is 16.3. The molecule has 3 aromatic rings. The van der Waals surface area contributed by atoms with Gasteiger partial charge < -0.3 is 9.84 Å². The largest absolute Gasteiger partial charge is 0.466 e. The lowest BCUT2D eigenvalue weighted by atomic mass is 9.94. The van der Waals surface area contributed by atoms with E-state index in [1.807, 2.05) is 31.2 Å². The first-order valence-corrected chi connectivity index (χ1v) is 12.7. The van der Waals surface area contributed by atoms with Crippen LogP contribution < -0.4 is 4.72 Å². The predicted octanol–water partition coefficient (Wildman–Crippen LogP) is 3.49. The van der Waals surface area contributed by atoms with Crippen molar-refractivity contribution < 1.29 is 23.1 Å². The highest BCUT2D eigenvalue weighted by Crippen LogP contribution is 2.26. The Kier molecular flexibility index (Phi) is 8.92. The number of benzene rings is 2. The Morgan fingerprint density at radius 2 is 1.76 bits per heavy atom. The third kappa shape index (κ3) is 6.96. The number of rotatable bonds is 11. The van der Waals surface area contributed by atoms with Crippen LogP contribution in [0.1, 0.15) is 47.4 Å². The number of esters is 1. The van der Waals surface area contributed by atoms with Crippen molar-refractivity contribution in [2.24, 2.45) is 0 Å². The van der Waals surface area contributed by atoms with E-state index < -0.39 is 16.1 Å². The number of hydrogen-bond acceptors (Lipinski definition) is 6. The molecular formula is C26H30N2O5S. The van der Waals surface area contributed by atoms with Gasteiger partial charge in [-0.3, -0.25) is 9.78 Å². The molecule has 0 aliphatic heterocycles. The molecule has 2 aromatic carbocycles. The zero-order chi connectivity index (χ0) is 24.6. The molecule has 0 amide bonds. The predicted molar refractivity (Wildman–Crippen MR) is 130 cm³/mol. The molecular weight excluding hydrogens is 452 g/mol. The van der Waals surface area contributed by atoms with Gasteiger partial charge in [0.15, 0.2) is 0 Å². The van der Waals surface area contributed by atoms with Crippen molar-refractivity contribution in [3.05, 3.63) is 94.8 Å². The fourth-order valence-electron chi connectivity index (χ4n) is 3.70. The van der Waals surface area contributed by atoms with E-state index in [4.69, 9.17) is 4.74 Å². The van der Waals surface area contributed by atoms with E-state index in [9.17, 15) is 18.3 Å². The van der Waals surface area contributed by atoms with Gasteiger partial charge >= 0.3 is 5.97 Å². The van der Waals surface area contributed by atoms with E-state index in [1.165, 1.54) is 0 Å². The molecule has 0 aliphatic rings. The number of hydrogen-bond donors (Lipinski definition) is 2. The van der Waals surface area contributed by atoms with Gasteiger partial charge in [-0.2, -0.15) is 0 Å². The quantitative estimate of drug-likeness (QED) is 0.405. The van der Waals surface area contributed by atoms with Gasteiger partial charge in [0, 0.05) is 30.4 Å². The van der Waals surface area contributed by atoms with E-state index >= 15 is 0 Å². The molecule has 1 heterocycles. The van der Waals surface area contributed by atoms with Crippen LogP contribution in [-0.4, -0.2) is 37.6 Å². The Morgan fingerprint density at radius 1 is 1.06 bits per heavy atom. The summed E-state index contributed by atoms with van der Waals surface area (Å²) < 4.78 is 32.7. The van der Waals surface area contributed by atoms with E-state index in [0.717, 1.165) is 16.8 Å². The van der Waals surface area contributed by atoms with Gasteiger partial charge in [-0.1, -0.05) is 42.5 Å². The number of aliphatic hydroxyl groups is 1. The van der Waals surface area contributed by atoms with E-state index in [1.54, 1.807) is 49.5 Å².